The zero-order valence-corrected chi connectivity index (χ0v) is 14.0. The Balaban J connectivity index is 1.90. The van der Waals surface area contributed by atoms with E-state index < -0.39 is 5.54 Å². The number of benzene rings is 2. The summed E-state index contributed by atoms with van der Waals surface area (Å²) in [6, 6.07) is 13.9. The van der Waals surface area contributed by atoms with Crippen molar-refractivity contribution in [3.05, 3.63) is 65.5 Å². The third-order valence-corrected chi connectivity index (χ3v) is 4.15. The predicted octanol–water partition coefficient (Wildman–Crippen LogP) is 3.15. The topological polar surface area (TPSA) is 64.3 Å². The Labute approximate surface area is 141 Å². The molecule has 1 unspecified atom stereocenters. The number of hydrogen-bond donors (Lipinski definition) is 2. The van der Waals surface area contributed by atoms with Crippen LogP contribution in [0.3, 0.4) is 0 Å². The van der Waals surface area contributed by atoms with Gasteiger partial charge in [0.2, 0.25) is 5.91 Å². The summed E-state index contributed by atoms with van der Waals surface area (Å²) in [6.45, 7) is 4.56. The normalized spacial score (nSPS) is 13.3. The van der Waals surface area contributed by atoms with Gasteiger partial charge in [0, 0.05) is 6.54 Å². The highest BCUT2D eigenvalue weighted by molar-refractivity contribution is 5.84. The first-order chi connectivity index (χ1) is 11.4. The standard InChI is InChI=1S/C19H23FN2O2/c1-3-19(2,18(21)23)22-12-14-7-9-17(10-8-14)24-13-15-5-4-6-16(20)11-15/h4-11,22H,3,12-13H2,1-2H3,(H2,21,23). The van der Waals surface area contributed by atoms with Gasteiger partial charge in [0.1, 0.15) is 18.2 Å². The molecular weight excluding hydrogens is 307 g/mol. The maximum Gasteiger partial charge on any atom is 0.237 e. The highest BCUT2D eigenvalue weighted by Crippen LogP contribution is 2.16. The Morgan fingerprint density at radius 1 is 1.21 bits per heavy atom. The van der Waals surface area contributed by atoms with Gasteiger partial charge in [0.05, 0.1) is 5.54 Å². The van der Waals surface area contributed by atoms with E-state index in [1.165, 1.54) is 12.1 Å². The van der Waals surface area contributed by atoms with Gasteiger partial charge in [-0.1, -0.05) is 31.2 Å². The van der Waals surface area contributed by atoms with Crippen molar-refractivity contribution >= 4 is 5.91 Å². The second kappa shape index (κ2) is 7.93. The molecule has 1 atom stereocenters. The van der Waals surface area contributed by atoms with Crippen LogP contribution in [0.5, 0.6) is 5.75 Å². The van der Waals surface area contributed by atoms with Crippen LogP contribution >= 0.6 is 0 Å². The fourth-order valence-corrected chi connectivity index (χ4v) is 2.18. The minimum atomic E-state index is -0.716. The van der Waals surface area contributed by atoms with Crippen molar-refractivity contribution in [2.75, 3.05) is 0 Å². The Bertz CT molecular complexity index is 688. The maximum atomic E-state index is 13.1. The molecule has 0 aliphatic heterocycles. The number of halogens is 1. The number of carbonyl (C=O) groups is 1. The zero-order valence-electron chi connectivity index (χ0n) is 14.0. The first-order valence-electron chi connectivity index (χ1n) is 7.94. The minimum absolute atomic E-state index is 0.272. The van der Waals surface area contributed by atoms with Gasteiger partial charge >= 0.3 is 0 Å². The molecule has 0 aromatic heterocycles. The van der Waals surface area contributed by atoms with Crippen LogP contribution in [0, 0.1) is 5.82 Å². The van der Waals surface area contributed by atoms with Crippen LogP contribution in [0.4, 0.5) is 4.39 Å². The third-order valence-electron chi connectivity index (χ3n) is 4.15. The van der Waals surface area contributed by atoms with E-state index in [-0.39, 0.29) is 11.7 Å². The molecule has 0 saturated carbocycles. The molecule has 128 valence electrons. The van der Waals surface area contributed by atoms with Crippen molar-refractivity contribution in [3.8, 4) is 5.75 Å². The summed E-state index contributed by atoms with van der Waals surface area (Å²) in [6.07, 6.45) is 0.622. The van der Waals surface area contributed by atoms with E-state index >= 15 is 0 Å². The highest BCUT2D eigenvalue weighted by atomic mass is 19.1. The lowest BCUT2D eigenvalue weighted by molar-refractivity contribution is -0.124. The predicted molar refractivity (Wildman–Crippen MR) is 91.9 cm³/mol. The Kier molecular flexibility index (Phi) is 5.93. The molecule has 4 nitrogen and oxygen atoms in total. The van der Waals surface area contributed by atoms with E-state index in [0.717, 1.165) is 11.1 Å². The summed E-state index contributed by atoms with van der Waals surface area (Å²) in [4.78, 5) is 11.5. The maximum absolute atomic E-state index is 13.1. The summed E-state index contributed by atoms with van der Waals surface area (Å²) in [5.74, 6) is 0.0714. The minimum Gasteiger partial charge on any atom is -0.489 e. The average molecular weight is 330 g/mol. The molecule has 2 rings (SSSR count). The van der Waals surface area contributed by atoms with Crippen LogP contribution < -0.4 is 15.8 Å². The number of carbonyl (C=O) groups excluding carboxylic acids is 1. The average Bonchev–Trinajstić information content (AvgIpc) is 2.58. The molecule has 24 heavy (non-hydrogen) atoms. The van der Waals surface area contributed by atoms with Gasteiger partial charge in [-0.05, 0) is 48.7 Å². The largest absolute Gasteiger partial charge is 0.489 e. The number of nitrogens with one attached hydrogen (secondary N) is 1. The lowest BCUT2D eigenvalue weighted by Crippen LogP contribution is -2.52. The van der Waals surface area contributed by atoms with E-state index in [0.29, 0.717) is 25.3 Å². The molecule has 0 aliphatic rings. The molecule has 0 fully saturated rings. The third kappa shape index (κ3) is 4.80. The van der Waals surface area contributed by atoms with E-state index in [9.17, 15) is 9.18 Å². The van der Waals surface area contributed by atoms with Crippen LogP contribution in [0.1, 0.15) is 31.4 Å². The number of rotatable bonds is 8. The smallest absolute Gasteiger partial charge is 0.237 e. The fraction of sp³-hybridized carbons (Fsp3) is 0.316. The summed E-state index contributed by atoms with van der Waals surface area (Å²) >= 11 is 0. The number of nitrogens with two attached hydrogens (primary N) is 1. The second-order valence-electron chi connectivity index (χ2n) is 5.97. The van der Waals surface area contributed by atoms with Gasteiger partial charge in [-0.3, -0.25) is 10.1 Å². The van der Waals surface area contributed by atoms with Crippen LogP contribution in [0.15, 0.2) is 48.5 Å². The lowest BCUT2D eigenvalue weighted by Gasteiger charge is -2.26. The van der Waals surface area contributed by atoms with Crippen molar-refractivity contribution in [3.63, 3.8) is 0 Å². The molecule has 0 spiro atoms. The number of primary amides is 1. The molecule has 0 aliphatic carbocycles. The Hall–Kier alpha value is -2.40. The quantitative estimate of drug-likeness (QED) is 0.781. The van der Waals surface area contributed by atoms with E-state index in [1.54, 1.807) is 13.0 Å². The number of ether oxygens (including phenoxy) is 1. The first kappa shape index (κ1) is 17.9. The number of amides is 1. The van der Waals surface area contributed by atoms with Crippen molar-refractivity contribution in [1.29, 1.82) is 0 Å². The summed E-state index contributed by atoms with van der Waals surface area (Å²) in [5, 5.41) is 3.19. The summed E-state index contributed by atoms with van der Waals surface area (Å²) in [5.41, 5.74) is 6.51. The van der Waals surface area contributed by atoms with E-state index in [1.807, 2.05) is 37.3 Å². The van der Waals surface area contributed by atoms with Crippen molar-refractivity contribution in [1.82, 2.24) is 5.32 Å². The van der Waals surface area contributed by atoms with Crippen LogP contribution in [-0.4, -0.2) is 11.4 Å². The molecule has 3 N–H and O–H groups in total. The highest BCUT2D eigenvalue weighted by Gasteiger charge is 2.27. The Morgan fingerprint density at radius 3 is 2.50 bits per heavy atom. The molecule has 0 bridgehead atoms. The monoisotopic (exact) mass is 330 g/mol. The SMILES string of the molecule is CCC(C)(NCc1ccc(OCc2cccc(F)c2)cc1)C(N)=O. The molecule has 5 heteroatoms. The van der Waals surface area contributed by atoms with Gasteiger partial charge in [-0.2, -0.15) is 0 Å². The number of hydrogen-bond acceptors (Lipinski definition) is 3. The zero-order chi connectivity index (χ0) is 17.6. The molecule has 2 aromatic carbocycles. The van der Waals surface area contributed by atoms with Crippen LogP contribution in [0.2, 0.25) is 0 Å². The summed E-state index contributed by atoms with van der Waals surface area (Å²) in [7, 11) is 0. The fourth-order valence-electron chi connectivity index (χ4n) is 2.18. The van der Waals surface area contributed by atoms with Crippen molar-refractivity contribution < 1.29 is 13.9 Å². The molecular formula is C19H23FN2O2. The van der Waals surface area contributed by atoms with Crippen molar-refractivity contribution in [2.45, 2.75) is 39.0 Å². The molecule has 0 radical (unpaired) electrons. The van der Waals surface area contributed by atoms with Gasteiger partial charge in [-0.15, -0.1) is 0 Å². The van der Waals surface area contributed by atoms with Gasteiger partial charge in [0.25, 0.3) is 0 Å². The molecule has 0 saturated heterocycles. The van der Waals surface area contributed by atoms with Crippen LogP contribution in [0.25, 0.3) is 0 Å². The lowest BCUT2D eigenvalue weighted by atomic mass is 9.97. The van der Waals surface area contributed by atoms with Crippen LogP contribution in [-0.2, 0) is 17.9 Å². The van der Waals surface area contributed by atoms with Gasteiger partial charge < -0.3 is 10.5 Å². The Morgan fingerprint density at radius 2 is 1.92 bits per heavy atom. The second-order valence-corrected chi connectivity index (χ2v) is 5.97. The van der Waals surface area contributed by atoms with Gasteiger partial charge in [0.15, 0.2) is 0 Å². The molecule has 0 heterocycles. The summed E-state index contributed by atoms with van der Waals surface area (Å²) < 4.78 is 18.8. The van der Waals surface area contributed by atoms with Crippen molar-refractivity contribution in [2.24, 2.45) is 5.73 Å². The van der Waals surface area contributed by atoms with E-state index in [4.69, 9.17) is 10.5 Å². The van der Waals surface area contributed by atoms with E-state index in [2.05, 4.69) is 5.32 Å². The molecule has 2 aromatic rings. The van der Waals surface area contributed by atoms with Gasteiger partial charge in [-0.25, -0.2) is 4.39 Å². The molecule has 1 amide bonds. The first-order valence-corrected chi connectivity index (χ1v) is 7.94.